The van der Waals surface area contributed by atoms with E-state index < -0.39 is 0 Å². The molecule has 0 saturated carbocycles. The maximum atomic E-state index is 12.1. The molecule has 0 spiro atoms. The predicted molar refractivity (Wildman–Crippen MR) is 96.6 cm³/mol. The van der Waals surface area contributed by atoms with E-state index in [1.165, 1.54) is 6.92 Å². The quantitative estimate of drug-likeness (QED) is 0.854. The number of halogens is 1. The van der Waals surface area contributed by atoms with Crippen molar-refractivity contribution in [1.29, 1.82) is 0 Å². The summed E-state index contributed by atoms with van der Waals surface area (Å²) in [6.45, 7) is 3.77. The Morgan fingerprint density at radius 2 is 1.74 bits per heavy atom. The van der Waals surface area contributed by atoms with Gasteiger partial charge in [0.15, 0.2) is 0 Å². The van der Waals surface area contributed by atoms with E-state index in [2.05, 4.69) is 21.2 Å². The van der Waals surface area contributed by atoms with Gasteiger partial charge in [0.1, 0.15) is 0 Å². The summed E-state index contributed by atoms with van der Waals surface area (Å²) in [6.07, 6.45) is 0.231. The van der Waals surface area contributed by atoms with Crippen LogP contribution in [0.2, 0.25) is 0 Å². The number of aryl methyl sites for hydroxylation is 1. The smallest absolute Gasteiger partial charge is 0.226 e. The molecule has 5 heteroatoms. The van der Waals surface area contributed by atoms with Crippen LogP contribution < -0.4 is 10.2 Å². The van der Waals surface area contributed by atoms with Crippen LogP contribution in [0, 0.1) is 6.92 Å². The first-order valence-electron chi connectivity index (χ1n) is 7.37. The number of anilines is 2. The lowest BCUT2D eigenvalue weighted by Crippen LogP contribution is -2.32. The third-order valence-electron chi connectivity index (χ3n) is 3.50. The van der Waals surface area contributed by atoms with Crippen molar-refractivity contribution in [2.24, 2.45) is 0 Å². The highest BCUT2D eigenvalue weighted by atomic mass is 79.9. The van der Waals surface area contributed by atoms with Crippen LogP contribution in [0.4, 0.5) is 11.4 Å². The van der Waals surface area contributed by atoms with Crippen molar-refractivity contribution in [2.75, 3.05) is 16.8 Å². The van der Waals surface area contributed by atoms with Crippen molar-refractivity contribution in [2.45, 2.75) is 20.3 Å². The molecule has 23 heavy (non-hydrogen) atoms. The van der Waals surface area contributed by atoms with Crippen molar-refractivity contribution in [3.63, 3.8) is 0 Å². The first-order chi connectivity index (χ1) is 11.0. The van der Waals surface area contributed by atoms with Crippen LogP contribution in [-0.2, 0) is 9.59 Å². The van der Waals surface area contributed by atoms with Crippen molar-refractivity contribution in [1.82, 2.24) is 0 Å². The summed E-state index contributed by atoms with van der Waals surface area (Å²) in [7, 11) is 0. The number of hydrogen-bond donors (Lipinski definition) is 1. The van der Waals surface area contributed by atoms with E-state index in [1.807, 2.05) is 55.5 Å². The Hall–Kier alpha value is -2.14. The minimum Gasteiger partial charge on any atom is -0.326 e. The zero-order valence-electron chi connectivity index (χ0n) is 13.2. The molecular weight excluding hydrogens is 356 g/mol. The number of nitrogens with zero attached hydrogens (tertiary/aromatic N) is 1. The standard InChI is InChI=1S/C18H19BrN2O2/c1-13-7-3-5-9-16(13)20-18(23)11-12-21(14(2)22)17-10-6-4-8-15(17)19/h3-10H,11-12H2,1-2H3,(H,20,23). The second-order valence-corrected chi connectivity index (χ2v) is 6.09. The van der Waals surface area contributed by atoms with Crippen molar-refractivity contribution in [3.8, 4) is 0 Å². The van der Waals surface area contributed by atoms with Crippen LogP contribution in [0.5, 0.6) is 0 Å². The second-order valence-electron chi connectivity index (χ2n) is 5.24. The lowest BCUT2D eigenvalue weighted by molar-refractivity contribution is -0.117. The van der Waals surface area contributed by atoms with Crippen molar-refractivity contribution >= 4 is 39.1 Å². The van der Waals surface area contributed by atoms with Gasteiger partial charge in [0, 0.05) is 30.0 Å². The molecule has 2 amide bonds. The van der Waals surface area contributed by atoms with Gasteiger partial charge in [0.2, 0.25) is 11.8 Å². The highest BCUT2D eigenvalue weighted by Gasteiger charge is 2.15. The molecule has 2 aromatic rings. The highest BCUT2D eigenvalue weighted by Crippen LogP contribution is 2.26. The average molecular weight is 375 g/mol. The van der Waals surface area contributed by atoms with Crippen molar-refractivity contribution in [3.05, 3.63) is 58.6 Å². The summed E-state index contributed by atoms with van der Waals surface area (Å²) >= 11 is 3.44. The van der Waals surface area contributed by atoms with Gasteiger partial charge < -0.3 is 10.2 Å². The van der Waals surface area contributed by atoms with E-state index in [4.69, 9.17) is 0 Å². The normalized spacial score (nSPS) is 10.2. The van der Waals surface area contributed by atoms with E-state index in [1.54, 1.807) is 4.90 Å². The highest BCUT2D eigenvalue weighted by molar-refractivity contribution is 9.10. The maximum absolute atomic E-state index is 12.1. The zero-order chi connectivity index (χ0) is 16.8. The summed E-state index contributed by atoms with van der Waals surface area (Å²) in [4.78, 5) is 25.6. The Morgan fingerprint density at radius 1 is 1.09 bits per heavy atom. The van der Waals surface area contributed by atoms with Gasteiger partial charge in [-0.3, -0.25) is 9.59 Å². The van der Waals surface area contributed by atoms with Crippen LogP contribution in [-0.4, -0.2) is 18.4 Å². The van der Waals surface area contributed by atoms with E-state index in [-0.39, 0.29) is 18.2 Å². The van der Waals surface area contributed by atoms with Gasteiger partial charge >= 0.3 is 0 Å². The van der Waals surface area contributed by atoms with E-state index in [0.717, 1.165) is 21.4 Å². The van der Waals surface area contributed by atoms with Crippen LogP contribution in [0.1, 0.15) is 18.9 Å². The number of nitrogens with one attached hydrogen (secondary N) is 1. The number of hydrogen-bond acceptors (Lipinski definition) is 2. The van der Waals surface area contributed by atoms with Crippen LogP contribution >= 0.6 is 15.9 Å². The fourth-order valence-electron chi connectivity index (χ4n) is 2.26. The Bertz CT molecular complexity index is 716. The average Bonchev–Trinajstić information content (AvgIpc) is 2.51. The maximum Gasteiger partial charge on any atom is 0.226 e. The summed E-state index contributed by atoms with van der Waals surface area (Å²) in [5.74, 6) is -0.210. The molecule has 2 aromatic carbocycles. The van der Waals surface area contributed by atoms with Crippen LogP contribution in [0.25, 0.3) is 0 Å². The molecule has 0 saturated heterocycles. The molecule has 0 bridgehead atoms. The second kappa shape index (κ2) is 7.92. The van der Waals surface area contributed by atoms with E-state index >= 15 is 0 Å². The number of amides is 2. The molecule has 120 valence electrons. The summed E-state index contributed by atoms with van der Waals surface area (Å²) in [5, 5.41) is 2.88. The minimum atomic E-state index is -0.113. The Balaban J connectivity index is 2.02. The number of para-hydroxylation sites is 2. The molecule has 0 fully saturated rings. The van der Waals surface area contributed by atoms with Crippen molar-refractivity contribution < 1.29 is 9.59 Å². The fourth-order valence-corrected chi connectivity index (χ4v) is 2.76. The summed E-state index contributed by atoms with van der Waals surface area (Å²) < 4.78 is 0.828. The Labute approximate surface area is 144 Å². The number of benzene rings is 2. The molecule has 0 aromatic heterocycles. The molecule has 4 nitrogen and oxygen atoms in total. The number of carbonyl (C=O) groups is 2. The van der Waals surface area contributed by atoms with Gasteiger partial charge in [-0.25, -0.2) is 0 Å². The zero-order valence-corrected chi connectivity index (χ0v) is 14.8. The predicted octanol–water partition coefficient (Wildman–Crippen LogP) is 4.14. The van der Waals surface area contributed by atoms with Gasteiger partial charge in [-0.05, 0) is 46.6 Å². The Kier molecular flexibility index (Phi) is 5.93. The van der Waals surface area contributed by atoms with Gasteiger partial charge in [0.25, 0.3) is 0 Å². The number of rotatable bonds is 5. The topological polar surface area (TPSA) is 49.4 Å². The lowest BCUT2D eigenvalue weighted by Gasteiger charge is -2.22. The van der Waals surface area contributed by atoms with Gasteiger partial charge in [0.05, 0.1) is 5.69 Å². The van der Waals surface area contributed by atoms with E-state index in [9.17, 15) is 9.59 Å². The summed E-state index contributed by atoms with van der Waals surface area (Å²) in [6, 6.07) is 15.1. The minimum absolute atomic E-state index is 0.0967. The van der Waals surface area contributed by atoms with E-state index in [0.29, 0.717) is 6.54 Å². The molecule has 0 heterocycles. The fraction of sp³-hybridized carbons (Fsp3) is 0.222. The largest absolute Gasteiger partial charge is 0.326 e. The molecule has 0 unspecified atom stereocenters. The monoisotopic (exact) mass is 374 g/mol. The van der Waals surface area contributed by atoms with Gasteiger partial charge in [-0.2, -0.15) is 0 Å². The van der Waals surface area contributed by atoms with Crippen LogP contribution in [0.15, 0.2) is 53.0 Å². The Morgan fingerprint density at radius 3 is 2.39 bits per heavy atom. The summed E-state index contributed by atoms with van der Waals surface area (Å²) in [5.41, 5.74) is 2.58. The molecule has 0 aliphatic heterocycles. The SMILES string of the molecule is CC(=O)N(CCC(=O)Nc1ccccc1C)c1ccccc1Br. The molecular formula is C18H19BrN2O2. The molecule has 0 aliphatic carbocycles. The molecule has 0 atom stereocenters. The number of carbonyl (C=O) groups excluding carboxylic acids is 2. The first kappa shape index (κ1) is 17.2. The third-order valence-corrected chi connectivity index (χ3v) is 4.18. The molecule has 1 N–H and O–H groups in total. The molecule has 2 rings (SSSR count). The molecule has 0 aliphatic rings. The lowest BCUT2D eigenvalue weighted by atomic mass is 10.2. The van der Waals surface area contributed by atoms with Gasteiger partial charge in [-0.15, -0.1) is 0 Å². The van der Waals surface area contributed by atoms with Crippen LogP contribution in [0.3, 0.4) is 0 Å². The third kappa shape index (κ3) is 4.66. The molecule has 0 radical (unpaired) electrons. The first-order valence-corrected chi connectivity index (χ1v) is 8.16. The van der Waals surface area contributed by atoms with Gasteiger partial charge in [-0.1, -0.05) is 30.3 Å².